The van der Waals surface area contributed by atoms with Gasteiger partial charge in [-0.25, -0.2) is 9.97 Å². The van der Waals surface area contributed by atoms with Crippen LogP contribution in [-0.4, -0.2) is 10.9 Å². The van der Waals surface area contributed by atoms with Crippen LogP contribution in [0, 0.1) is 0 Å². The molecule has 0 spiro atoms. The Morgan fingerprint density at radius 2 is 1.58 bits per heavy atom. The fourth-order valence-electron chi connectivity index (χ4n) is 2.82. The highest BCUT2D eigenvalue weighted by Gasteiger charge is 2.23. The minimum Gasteiger partial charge on any atom is -0.397 e. The third kappa shape index (κ3) is 2.98. The number of anilines is 2. The average molecular weight is 341 g/mol. The van der Waals surface area contributed by atoms with Gasteiger partial charge in [0.25, 0.3) is 5.91 Å². The van der Waals surface area contributed by atoms with Crippen LogP contribution in [0.2, 0.25) is 0 Å². The molecule has 4 rings (SSSR count). The molecule has 3 aromatic carbocycles. The summed E-state index contributed by atoms with van der Waals surface area (Å²) in [5.41, 5.74) is 10.5. The first-order valence-corrected chi connectivity index (χ1v) is 8.26. The molecule has 1 aromatic heterocycles. The van der Waals surface area contributed by atoms with E-state index >= 15 is 0 Å². The summed E-state index contributed by atoms with van der Waals surface area (Å²) in [4.78, 5) is 20.9. The molecule has 0 fully saturated rings. The molecule has 26 heavy (non-hydrogen) atoms. The number of nitrogens with one attached hydrogen (secondary N) is 2. The van der Waals surface area contributed by atoms with Crippen LogP contribution in [0.15, 0.2) is 78.9 Å². The maximum atomic E-state index is 13.0. The Morgan fingerprint density at radius 1 is 0.885 bits per heavy atom. The summed E-state index contributed by atoms with van der Waals surface area (Å²) in [5.74, 6) is -0.316. The molecule has 5 heteroatoms. The van der Waals surface area contributed by atoms with Crippen molar-refractivity contribution in [2.45, 2.75) is 0 Å². The Bertz CT molecular complexity index is 1090. The van der Waals surface area contributed by atoms with Gasteiger partial charge in [-0.1, -0.05) is 42.5 Å². The van der Waals surface area contributed by atoms with Crippen LogP contribution in [0.1, 0.15) is 10.5 Å². The maximum absolute atomic E-state index is 13.0. The molecule has 0 radical (unpaired) electrons. The van der Waals surface area contributed by atoms with Gasteiger partial charge in [0.1, 0.15) is 5.52 Å². The number of fused-ring (bicyclic) bond motifs is 1. The normalized spacial score (nSPS) is 10.6. The zero-order valence-corrected chi connectivity index (χ0v) is 13.9. The van der Waals surface area contributed by atoms with E-state index in [-0.39, 0.29) is 5.91 Å². The topological polar surface area (TPSA) is 82.1 Å². The van der Waals surface area contributed by atoms with E-state index in [2.05, 4.69) is 15.3 Å². The number of aromatic nitrogens is 2. The van der Waals surface area contributed by atoms with E-state index < -0.39 is 0 Å². The van der Waals surface area contributed by atoms with Crippen molar-refractivity contribution >= 4 is 28.3 Å². The lowest BCUT2D eigenvalue weighted by Crippen LogP contribution is -2.22. The monoisotopic (exact) mass is 341 g/mol. The molecule has 0 saturated heterocycles. The Kier molecular flexibility index (Phi) is 4.03. The Labute approximate surface area is 150 Å². The summed E-state index contributed by atoms with van der Waals surface area (Å²) in [6, 6.07) is 24.4. The highest BCUT2D eigenvalue weighted by molar-refractivity contribution is 6.08. The fourth-order valence-corrected chi connectivity index (χ4v) is 2.82. The van der Waals surface area contributed by atoms with Crippen molar-refractivity contribution in [1.29, 1.82) is 0 Å². The van der Waals surface area contributed by atoms with Gasteiger partial charge in [0, 0.05) is 11.6 Å². The number of hydrogen-bond donors (Lipinski definition) is 2. The first kappa shape index (κ1) is 15.8. The molecule has 0 unspecified atom stereocenters. The van der Waals surface area contributed by atoms with Crippen LogP contribution in [0.5, 0.6) is 0 Å². The number of nitrogen functional groups attached to an aromatic ring is 1. The van der Waals surface area contributed by atoms with E-state index in [0.29, 0.717) is 22.8 Å². The lowest BCUT2D eigenvalue weighted by atomic mass is 10.1. The Morgan fingerprint density at radius 3 is 2.38 bits per heavy atom. The Hall–Kier alpha value is -3.73. The first-order valence-electron chi connectivity index (χ1n) is 8.26. The van der Waals surface area contributed by atoms with E-state index in [9.17, 15) is 4.79 Å². The zero-order valence-electron chi connectivity index (χ0n) is 13.9. The number of hydrogen-bond acceptors (Lipinski definition) is 3. The van der Waals surface area contributed by atoms with Gasteiger partial charge in [-0.05, 0) is 30.3 Å². The lowest BCUT2D eigenvalue weighted by Gasteiger charge is -2.09. The molecule has 5 nitrogen and oxygen atoms in total. The van der Waals surface area contributed by atoms with E-state index in [4.69, 9.17) is 5.73 Å². The molecule has 0 saturated carbocycles. The molecular formula is C21H17N4O+. The summed E-state index contributed by atoms with van der Waals surface area (Å²) in [5, 5.41) is 2.85. The molecule has 126 valence electrons. The highest BCUT2D eigenvalue weighted by Crippen LogP contribution is 2.23. The second kappa shape index (κ2) is 6.64. The second-order valence-corrected chi connectivity index (χ2v) is 5.88. The van der Waals surface area contributed by atoms with Crippen LogP contribution in [0.4, 0.5) is 11.4 Å². The van der Waals surface area contributed by atoms with Crippen molar-refractivity contribution in [1.82, 2.24) is 4.98 Å². The molecule has 0 aliphatic rings. The van der Waals surface area contributed by atoms with Crippen LogP contribution in [0.25, 0.3) is 22.3 Å². The average Bonchev–Trinajstić information content (AvgIpc) is 2.69. The number of amides is 1. The smallest absolute Gasteiger partial charge is 0.281 e. The van der Waals surface area contributed by atoms with Crippen molar-refractivity contribution in [3.8, 4) is 11.3 Å². The lowest BCUT2D eigenvalue weighted by molar-refractivity contribution is -0.331. The zero-order chi connectivity index (χ0) is 17.9. The molecular weight excluding hydrogens is 324 g/mol. The van der Waals surface area contributed by atoms with Crippen molar-refractivity contribution in [3.63, 3.8) is 0 Å². The van der Waals surface area contributed by atoms with Gasteiger partial charge in [0.05, 0.1) is 11.4 Å². The van der Waals surface area contributed by atoms with Gasteiger partial charge in [-0.3, -0.25) is 4.79 Å². The summed E-state index contributed by atoms with van der Waals surface area (Å²) in [6.07, 6.45) is 0. The van der Waals surface area contributed by atoms with Gasteiger partial charge >= 0.3 is 0 Å². The van der Waals surface area contributed by atoms with E-state index in [1.165, 1.54) is 0 Å². The number of nitrogens with two attached hydrogens (primary N) is 1. The van der Waals surface area contributed by atoms with Crippen LogP contribution in [-0.2, 0) is 0 Å². The first-order chi connectivity index (χ1) is 12.7. The third-order valence-electron chi connectivity index (χ3n) is 4.12. The minimum absolute atomic E-state index is 0.316. The number of benzene rings is 3. The molecule has 0 atom stereocenters. The second-order valence-electron chi connectivity index (χ2n) is 5.88. The molecule has 1 heterocycles. The largest absolute Gasteiger partial charge is 0.397 e. The van der Waals surface area contributed by atoms with Crippen LogP contribution >= 0.6 is 0 Å². The summed E-state index contributed by atoms with van der Waals surface area (Å²) in [7, 11) is 0. The minimum atomic E-state index is -0.316. The number of para-hydroxylation sites is 4. The van der Waals surface area contributed by atoms with Crippen molar-refractivity contribution in [2.75, 3.05) is 11.1 Å². The molecule has 4 aromatic rings. The van der Waals surface area contributed by atoms with Gasteiger partial charge in [-0.2, -0.15) is 0 Å². The predicted molar refractivity (Wildman–Crippen MR) is 103 cm³/mol. The number of rotatable bonds is 3. The van der Waals surface area contributed by atoms with Crippen molar-refractivity contribution in [2.24, 2.45) is 0 Å². The van der Waals surface area contributed by atoms with Crippen LogP contribution in [0.3, 0.4) is 0 Å². The SMILES string of the molecule is Nc1ccccc1NC(=O)c1nc2ccccc2[nH+]c1-c1ccccc1. The fraction of sp³-hybridized carbons (Fsp3) is 0. The van der Waals surface area contributed by atoms with Gasteiger partial charge in [0.15, 0.2) is 0 Å². The molecule has 0 aliphatic carbocycles. The molecule has 4 N–H and O–H groups in total. The summed E-state index contributed by atoms with van der Waals surface area (Å²) in [6.45, 7) is 0. The summed E-state index contributed by atoms with van der Waals surface area (Å²) >= 11 is 0. The van der Waals surface area contributed by atoms with Crippen LogP contribution < -0.4 is 16.0 Å². The standard InChI is InChI=1S/C21H16N4O/c22-15-10-4-5-11-16(15)25-21(26)20-19(14-8-2-1-3-9-14)23-17-12-6-7-13-18(17)24-20/h1-13H,22H2,(H,25,26)/p+1. The van der Waals surface area contributed by atoms with Gasteiger partial charge in [-0.15, -0.1) is 0 Å². The Balaban J connectivity index is 1.84. The van der Waals surface area contributed by atoms with E-state index in [1.54, 1.807) is 12.1 Å². The quantitative estimate of drug-likeness (QED) is 0.559. The number of H-pyrrole nitrogens is 1. The number of carbonyl (C=O) groups is 1. The highest BCUT2D eigenvalue weighted by atomic mass is 16.1. The van der Waals surface area contributed by atoms with Crippen molar-refractivity contribution in [3.05, 3.63) is 84.6 Å². The third-order valence-corrected chi connectivity index (χ3v) is 4.12. The number of aromatic amines is 1. The number of nitrogens with zero attached hydrogens (tertiary/aromatic N) is 1. The van der Waals surface area contributed by atoms with E-state index in [0.717, 1.165) is 16.6 Å². The molecule has 0 aliphatic heterocycles. The molecule has 0 bridgehead atoms. The van der Waals surface area contributed by atoms with E-state index in [1.807, 2.05) is 66.7 Å². The van der Waals surface area contributed by atoms with Gasteiger partial charge in [0.2, 0.25) is 16.9 Å². The maximum Gasteiger partial charge on any atom is 0.281 e. The number of carbonyl (C=O) groups excluding carboxylic acids is 1. The van der Waals surface area contributed by atoms with Gasteiger partial charge < -0.3 is 11.1 Å². The summed E-state index contributed by atoms with van der Waals surface area (Å²) < 4.78 is 0. The van der Waals surface area contributed by atoms with Crippen molar-refractivity contribution < 1.29 is 9.78 Å². The molecule has 1 amide bonds. The predicted octanol–water partition coefficient (Wildman–Crippen LogP) is 3.55.